The van der Waals surface area contributed by atoms with Crippen molar-refractivity contribution in [1.82, 2.24) is 10.4 Å². The quantitative estimate of drug-likeness (QED) is 0.690. The molecular weight excluding hydrogens is 317 g/mol. The highest BCUT2D eigenvalue weighted by Crippen LogP contribution is 2.21. The molecule has 1 heterocycles. The molecule has 1 aromatic carbocycles. The maximum Gasteiger partial charge on any atom is 0.246 e. The molecule has 0 spiro atoms. The van der Waals surface area contributed by atoms with E-state index in [0.29, 0.717) is 10.0 Å². The first-order chi connectivity index (χ1) is 9.54. The minimum absolute atomic E-state index is 0.211. The second kappa shape index (κ2) is 6.83. The fourth-order valence-electron chi connectivity index (χ4n) is 1.46. The van der Waals surface area contributed by atoms with Crippen molar-refractivity contribution in [2.45, 2.75) is 13.3 Å². The molecular formula is C13H11Cl2N3OS. The Bertz CT molecular complexity index is 655. The number of amides is 1. The van der Waals surface area contributed by atoms with Gasteiger partial charge in [-0.1, -0.05) is 29.3 Å². The van der Waals surface area contributed by atoms with Crippen molar-refractivity contribution < 1.29 is 4.79 Å². The number of carbonyl (C=O) groups is 1. The molecule has 7 heteroatoms. The molecule has 0 aliphatic carbocycles. The van der Waals surface area contributed by atoms with Crippen LogP contribution < -0.4 is 5.43 Å². The fraction of sp³-hybridized carbons (Fsp3) is 0.154. The van der Waals surface area contributed by atoms with Gasteiger partial charge in [-0.15, -0.1) is 11.3 Å². The van der Waals surface area contributed by atoms with Crippen LogP contribution in [0.3, 0.4) is 0 Å². The number of nitrogens with one attached hydrogen (secondary N) is 1. The molecule has 0 radical (unpaired) electrons. The molecule has 2 rings (SSSR count). The van der Waals surface area contributed by atoms with Crippen LogP contribution in [0.4, 0.5) is 0 Å². The van der Waals surface area contributed by atoms with E-state index in [2.05, 4.69) is 15.5 Å². The molecule has 0 aliphatic rings. The number of hydrogen-bond acceptors (Lipinski definition) is 4. The summed E-state index contributed by atoms with van der Waals surface area (Å²) in [4.78, 5) is 15.8. The Hall–Kier alpha value is -1.43. The number of aryl methyl sites for hydroxylation is 1. The Morgan fingerprint density at radius 2 is 2.25 bits per heavy atom. The van der Waals surface area contributed by atoms with Crippen LogP contribution in [-0.4, -0.2) is 17.1 Å². The second-order valence-electron chi connectivity index (χ2n) is 4.00. The van der Waals surface area contributed by atoms with Crippen LogP contribution >= 0.6 is 34.5 Å². The van der Waals surface area contributed by atoms with Crippen molar-refractivity contribution in [2.24, 2.45) is 5.10 Å². The van der Waals surface area contributed by atoms with Gasteiger partial charge in [0.25, 0.3) is 0 Å². The maximum atomic E-state index is 11.6. The van der Waals surface area contributed by atoms with Gasteiger partial charge in [0, 0.05) is 5.38 Å². The van der Waals surface area contributed by atoms with Gasteiger partial charge in [0.2, 0.25) is 5.91 Å². The first kappa shape index (κ1) is 15.0. The number of nitrogens with zero attached hydrogens (tertiary/aromatic N) is 2. The lowest BCUT2D eigenvalue weighted by Gasteiger charge is -1.98. The van der Waals surface area contributed by atoms with Gasteiger partial charge in [-0.2, -0.15) is 5.10 Å². The normalized spacial score (nSPS) is 10.9. The Balaban J connectivity index is 1.89. The summed E-state index contributed by atoms with van der Waals surface area (Å²) < 4.78 is 0. The third-order valence-corrected chi connectivity index (χ3v) is 3.92. The maximum absolute atomic E-state index is 11.6. The number of benzene rings is 1. The van der Waals surface area contributed by atoms with Crippen molar-refractivity contribution in [3.63, 3.8) is 0 Å². The second-order valence-corrected chi connectivity index (χ2v) is 5.88. The molecule has 0 bridgehead atoms. The van der Waals surface area contributed by atoms with Crippen LogP contribution in [0.1, 0.15) is 16.3 Å². The molecule has 0 aliphatic heterocycles. The first-order valence-electron chi connectivity index (χ1n) is 5.72. The van der Waals surface area contributed by atoms with Gasteiger partial charge in [-0.25, -0.2) is 10.4 Å². The first-order valence-corrected chi connectivity index (χ1v) is 7.36. The van der Waals surface area contributed by atoms with Gasteiger partial charge in [0.1, 0.15) is 0 Å². The Morgan fingerprint density at radius 3 is 2.90 bits per heavy atom. The number of aromatic nitrogens is 1. The van der Waals surface area contributed by atoms with E-state index >= 15 is 0 Å². The van der Waals surface area contributed by atoms with E-state index in [9.17, 15) is 4.79 Å². The summed E-state index contributed by atoms with van der Waals surface area (Å²) in [5.74, 6) is -0.216. The van der Waals surface area contributed by atoms with Crippen LogP contribution in [0.15, 0.2) is 28.7 Å². The predicted octanol–water partition coefficient (Wildman–Crippen LogP) is 3.45. The molecule has 20 heavy (non-hydrogen) atoms. The minimum atomic E-state index is -0.216. The topological polar surface area (TPSA) is 54.4 Å². The molecule has 0 saturated heterocycles. The lowest BCUT2D eigenvalue weighted by Crippen LogP contribution is -2.19. The van der Waals surface area contributed by atoms with E-state index in [0.717, 1.165) is 16.3 Å². The number of hydrogen-bond donors (Lipinski definition) is 1. The molecule has 1 aromatic heterocycles. The zero-order chi connectivity index (χ0) is 14.5. The van der Waals surface area contributed by atoms with E-state index in [-0.39, 0.29) is 12.3 Å². The summed E-state index contributed by atoms with van der Waals surface area (Å²) in [6, 6.07) is 5.10. The molecule has 0 atom stereocenters. The van der Waals surface area contributed by atoms with E-state index in [4.69, 9.17) is 23.2 Å². The number of thiazole rings is 1. The highest BCUT2D eigenvalue weighted by atomic mass is 35.5. The molecule has 1 N–H and O–H groups in total. The van der Waals surface area contributed by atoms with Gasteiger partial charge < -0.3 is 0 Å². The zero-order valence-electron chi connectivity index (χ0n) is 10.6. The highest BCUT2D eigenvalue weighted by molar-refractivity contribution is 7.09. The molecule has 0 fully saturated rings. The lowest BCUT2D eigenvalue weighted by molar-refractivity contribution is -0.120. The van der Waals surface area contributed by atoms with Crippen molar-refractivity contribution in [1.29, 1.82) is 0 Å². The SMILES string of the molecule is Cc1nc(CC(=O)NN=Cc2ccc(Cl)c(Cl)c2)cs1. The van der Waals surface area contributed by atoms with Gasteiger partial charge in [-0.05, 0) is 24.6 Å². The summed E-state index contributed by atoms with van der Waals surface area (Å²) >= 11 is 13.2. The lowest BCUT2D eigenvalue weighted by atomic mass is 10.2. The number of halogens is 2. The largest absolute Gasteiger partial charge is 0.273 e. The van der Waals surface area contributed by atoms with Crippen LogP contribution in [0, 0.1) is 6.92 Å². The van der Waals surface area contributed by atoms with E-state index < -0.39 is 0 Å². The van der Waals surface area contributed by atoms with E-state index in [1.807, 2.05) is 12.3 Å². The molecule has 0 saturated carbocycles. The molecule has 2 aromatic rings. The third-order valence-electron chi connectivity index (χ3n) is 2.35. The van der Waals surface area contributed by atoms with Crippen molar-refractivity contribution >= 4 is 46.7 Å². The van der Waals surface area contributed by atoms with Crippen LogP contribution in [0.25, 0.3) is 0 Å². The Morgan fingerprint density at radius 1 is 1.45 bits per heavy atom. The monoisotopic (exact) mass is 327 g/mol. The summed E-state index contributed by atoms with van der Waals surface area (Å²) in [6.45, 7) is 1.90. The summed E-state index contributed by atoms with van der Waals surface area (Å²) in [7, 11) is 0. The Kier molecular flexibility index (Phi) is 5.11. The molecule has 1 amide bonds. The standard InChI is InChI=1S/C13H11Cl2N3OS/c1-8-17-10(7-20-8)5-13(19)18-16-6-9-2-3-11(14)12(15)4-9/h2-4,6-7H,5H2,1H3,(H,18,19). The van der Waals surface area contributed by atoms with E-state index in [1.54, 1.807) is 18.2 Å². The number of rotatable bonds is 4. The van der Waals surface area contributed by atoms with Crippen molar-refractivity contribution in [3.05, 3.63) is 49.9 Å². The van der Waals surface area contributed by atoms with Crippen LogP contribution in [-0.2, 0) is 11.2 Å². The average Bonchev–Trinajstić information content (AvgIpc) is 2.79. The summed E-state index contributed by atoms with van der Waals surface area (Å²) in [5.41, 5.74) is 3.94. The minimum Gasteiger partial charge on any atom is -0.273 e. The van der Waals surface area contributed by atoms with Gasteiger partial charge in [0.05, 0.1) is 33.4 Å². The zero-order valence-corrected chi connectivity index (χ0v) is 12.9. The van der Waals surface area contributed by atoms with Crippen molar-refractivity contribution in [2.75, 3.05) is 0 Å². The summed E-state index contributed by atoms with van der Waals surface area (Å²) in [6.07, 6.45) is 1.72. The predicted molar refractivity (Wildman–Crippen MR) is 82.8 cm³/mol. The van der Waals surface area contributed by atoms with Crippen LogP contribution in [0.5, 0.6) is 0 Å². The molecule has 104 valence electrons. The number of carbonyl (C=O) groups excluding carboxylic acids is 1. The smallest absolute Gasteiger partial charge is 0.246 e. The highest BCUT2D eigenvalue weighted by Gasteiger charge is 2.05. The van der Waals surface area contributed by atoms with Gasteiger partial charge in [-0.3, -0.25) is 4.79 Å². The summed E-state index contributed by atoms with van der Waals surface area (Å²) in [5, 5.41) is 7.58. The fourth-order valence-corrected chi connectivity index (χ4v) is 2.38. The average molecular weight is 328 g/mol. The molecule has 0 unspecified atom stereocenters. The van der Waals surface area contributed by atoms with Gasteiger partial charge >= 0.3 is 0 Å². The van der Waals surface area contributed by atoms with Gasteiger partial charge in [0.15, 0.2) is 0 Å². The Labute approximate surface area is 130 Å². The van der Waals surface area contributed by atoms with E-state index in [1.165, 1.54) is 17.6 Å². The third kappa shape index (κ3) is 4.30. The molecule has 4 nitrogen and oxygen atoms in total. The van der Waals surface area contributed by atoms with Crippen LogP contribution in [0.2, 0.25) is 10.0 Å². The van der Waals surface area contributed by atoms with Crippen molar-refractivity contribution in [3.8, 4) is 0 Å². The number of hydrazone groups is 1.